The third kappa shape index (κ3) is 6.03. The molecule has 0 saturated heterocycles. The minimum atomic E-state index is -0.552. The Morgan fingerprint density at radius 3 is 2.68 bits per heavy atom. The van der Waals surface area contributed by atoms with Crippen LogP contribution in [-0.2, 0) is 24.2 Å². The van der Waals surface area contributed by atoms with Crippen LogP contribution in [0.2, 0.25) is 0 Å². The quantitative estimate of drug-likeness (QED) is 0.326. The molecule has 2 aromatic carbocycles. The molecule has 0 unspecified atom stereocenters. The van der Waals surface area contributed by atoms with Gasteiger partial charge in [0.2, 0.25) is 5.91 Å². The number of anilines is 2. The van der Waals surface area contributed by atoms with E-state index in [4.69, 9.17) is 5.73 Å². The maximum Gasteiger partial charge on any atom is 0.294 e. The molecule has 4 aromatic rings. The van der Waals surface area contributed by atoms with Crippen molar-refractivity contribution in [1.29, 1.82) is 0 Å². The number of hydrogen-bond acceptors (Lipinski definition) is 6. The van der Waals surface area contributed by atoms with Crippen LogP contribution in [0.5, 0.6) is 0 Å². The zero-order valence-electron chi connectivity index (χ0n) is 20.4. The summed E-state index contributed by atoms with van der Waals surface area (Å²) in [5.74, 6) is 0.533. The molecular weight excluding hydrogens is 511 g/mol. The third-order valence-electron chi connectivity index (χ3n) is 6.55. The van der Waals surface area contributed by atoms with Crippen LogP contribution in [0.25, 0.3) is 10.8 Å². The van der Waals surface area contributed by atoms with Crippen LogP contribution in [0.15, 0.2) is 65.6 Å². The zero-order valence-corrected chi connectivity index (χ0v) is 22.1. The summed E-state index contributed by atoms with van der Waals surface area (Å²) in [6.07, 6.45) is 3.66. The first kappa shape index (κ1) is 28.0. The summed E-state index contributed by atoms with van der Waals surface area (Å²) in [6.45, 7) is 2.76. The van der Waals surface area contributed by atoms with Gasteiger partial charge in [0.15, 0.2) is 5.82 Å². The van der Waals surface area contributed by atoms with Crippen molar-refractivity contribution in [2.24, 2.45) is 0 Å². The number of nitrogens with two attached hydrogens (primary N) is 1. The van der Waals surface area contributed by atoms with Gasteiger partial charge in [0, 0.05) is 30.7 Å². The SMILES string of the molecule is Cc1nc(N)ccc1CNC(=O)[C@@H]1CCc2cnc(NCCc3ccc4ccccc4c3)c(=O)n21.Cl.Cl. The summed E-state index contributed by atoms with van der Waals surface area (Å²) in [7, 11) is 0. The van der Waals surface area contributed by atoms with Gasteiger partial charge in [-0.15, -0.1) is 24.8 Å². The molecule has 10 heteroatoms. The van der Waals surface area contributed by atoms with E-state index in [9.17, 15) is 9.59 Å². The number of nitrogens with one attached hydrogen (secondary N) is 2. The summed E-state index contributed by atoms with van der Waals surface area (Å²) in [5.41, 5.74) is 9.08. The van der Waals surface area contributed by atoms with Crippen LogP contribution >= 0.6 is 24.8 Å². The molecule has 0 saturated carbocycles. The number of fused-ring (bicyclic) bond motifs is 2. The highest BCUT2D eigenvalue weighted by Gasteiger charge is 2.30. The first-order valence-electron chi connectivity index (χ1n) is 11.8. The first-order valence-corrected chi connectivity index (χ1v) is 11.8. The third-order valence-corrected chi connectivity index (χ3v) is 6.55. The van der Waals surface area contributed by atoms with E-state index >= 15 is 0 Å². The van der Waals surface area contributed by atoms with Crippen LogP contribution in [-0.4, -0.2) is 27.0 Å². The maximum atomic E-state index is 13.2. The molecule has 37 heavy (non-hydrogen) atoms. The summed E-state index contributed by atoms with van der Waals surface area (Å²) >= 11 is 0. The smallest absolute Gasteiger partial charge is 0.294 e. The Morgan fingerprint density at radius 2 is 1.89 bits per heavy atom. The molecule has 5 rings (SSSR count). The summed E-state index contributed by atoms with van der Waals surface area (Å²) in [6, 6.07) is 17.6. The van der Waals surface area contributed by atoms with Gasteiger partial charge < -0.3 is 16.4 Å². The number of carbonyl (C=O) groups is 1. The number of aryl methyl sites for hydroxylation is 2. The number of hydrogen-bond donors (Lipinski definition) is 3. The number of halogens is 2. The number of rotatable bonds is 7. The first-order chi connectivity index (χ1) is 17.0. The average Bonchev–Trinajstić information content (AvgIpc) is 3.30. The fraction of sp³-hybridized carbons (Fsp3) is 0.259. The molecule has 194 valence electrons. The standard InChI is InChI=1S/C27H28N6O2.2ClH/c1-17-21(8-11-24(28)32-17)15-31-26(34)23-10-9-22-16-30-25(27(35)33(22)23)29-13-12-18-6-7-19-4-2-3-5-20(19)14-18;;/h2-8,11,14,16,23H,9-10,12-13,15H2,1H3,(H2,28,32)(H,29,30)(H,31,34);2*1H/t23-;;/m0../s1. The molecule has 1 aliphatic rings. The topological polar surface area (TPSA) is 115 Å². The van der Waals surface area contributed by atoms with Crippen LogP contribution in [0.4, 0.5) is 11.6 Å². The van der Waals surface area contributed by atoms with Crippen LogP contribution in [0.1, 0.15) is 35.0 Å². The molecule has 3 heterocycles. The van der Waals surface area contributed by atoms with E-state index < -0.39 is 6.04 Å². The predicted molar refractivity (Wildman–Crippen MR) is 152 cm³/mol. The molecule has 8 nitrogen and oxygen atoms in total. The van der Waals surface area contributed by atoms with E-state index in [1.165, 1.54) is 16.3 Å². The largest absolute Gasteiger partial charge is 0.384 e. The summed E-state index contributed by atoms with van der Waals surface area (Å²) in [5, 5.41) is 8.52. The lowest BCUT2D eigenvalue weighted by Crippen LogP contribution is -2.36. The highest BCUT2D eigenvalue weighted by Crippen LogP contribution is 2.24. The second kappa shape index (κ2) is 12.1. The van der Waals surface area contributed by atoms with E-state index in [1.807, 2.05) is 25.1 Å². The van der Waals surface area contributed by atoms with Gasteiger partial charge in [-0.1, -0.05) is 48.5 Å². The van der Waals surface area contributed by atoms with E-state index in [0.29, 0.717) is 31.7 Å². The zero-order chi connectivity index (χ0) is 24.4. The fourth-order valence-electron chi connectivity index (χ4n) is 4.63. The number of nitrogen functional groups attached to an aromatic ring is 1. The second-order valence-corrected chi connectivity index (χ2v) is 8.88. The molecule has 0 radical (unpaired) electrons. The van der Waals surface area contributed by atoms with Crippen molar-refractivity contribution in [3.05, 3.63) is 93.7 Å². The van der Waals surface area contributed by atoms with Gasteiger partial charge in [-0.25, -0.2) is 9.97 Å². The van der Waals surface area contributed by atoms with Gasteiger partial charge in [0.1, 0.15) is 11.9 Å². The van der Waals surface area contributed by atoms with Crippen molar-refractivity contribution in [2.75, 3.05) is 17.6 Å². The van der Waals surface area contributed by atoms with Gasteiger partial charge in [-0.2, -0.15) is 0 Å². The lowest BCUT2D eigenvalue weighted by Gasteiger charge is -2.16. The molecule has 1 aliphatic heterocycles. The number of amides is 1. The van der Waals surface area contributed by atoms with Crippen LogP contribution in [0.3, 0.4) is 0 Å². The van der Waals surface area contributed by atoms with Crippen LogP contribution < -0.4 is 21.9 Å². The number of nitrogens with zero attached hydrogens (tertiary/aromatic N) is 3. The number of carbonyl (C=O) groups excluding carboxylic acids is 1. The number of benzene rings is 2. The van der Waals surface area contributed by atoms with E-state index in [1.54, 1.807) is 16.8 Å². The minimum Gasteiger partial charge on any atom is -0.384 e. The van der Waals surface area contributed by atoms with Gasteiger partial charge in [0.05, 0.1) is 0 Å². The monoisotopic (exact) mass is 540 g/mol. The van der Waals surface area contributed by atoms with E-state index in [2.05, 4.69) is 50.9 Å². The number of pyridine rings is 1. The Labute approximate surface area is 227 Å². The van der Waals surface area contributed by atoms with Gasteiger partial charge in [0.25, 0.3) is 5.56 Å². The molecule has 1 amide bonds. The van der Waals surface area contributed by atoms with Crippen molar-refractivity contribution >= 4 is 53.1 Å². The highest BCUT2D eigenvalue weighted by molar-refractivity contribution is 5.86. The molecule has 0 fully saturated rings. The maximum absolute atomic E-state index is 13.2. The summed E-state index contributed by atoms with van der Waals surface area (Å²) in [4.78, 5) is 34.7. The van der Waals surface area contributed by atoms with Gasteiger partial charge in [-0.3, -0.25) is 14.2 Å². The molecule has 0 spiro atoms. The van der Waals surface area contributed by atoms with Gasteiger partial charge in [-0.05, 0) is 54.2 Å². The Kier molecular flexibility index (Phi) is 9.13. The van der Waals surface area contributed by atoms with Crippen LogP contribution in [0, 0.1) is 6.92 Å². The van der Waals surface area contributed by atoms with Gasteiger partial charge >= 0.3 is 0 Å². The molecule has 4 N–H and O–H groups in total. The normalized spacial score (nSPS) is 13.8. The molecule has 0 bridgehead atoms. The van der Waals surface area contributed by atoms with Crippen molar-refractivity contribution in [1.82, 2.24) is 19.9 Å². The second-order valence-electron chi connectivity index (χ2n) is 8.88. The Hall–Kier alpha value is -3.62. The lowest BCUT2D eigenvalue weighted by molar-refractivity contribution is -0.124. The predicted octanol–water partition coefficient (Wildman–Crippen LogP) is 3.98. The highest BCUT2D eigenvalue weighted by atomic mass is 35.5. The molecule has 0 aliphatic carbocycles. The van der Waals surface area contributed by atoms with E-state index in [-0.39, 0.29) is 42.1 Å². The Bertz CT molecular complexity index is 1470. The lowest BCUT2D eigenvalue weighted by atomic mass is 10.1. The molecule has 1 atom stereocenters. The van der Waals surface area contributed by atoms with Crippen molar-refractivity contribution < 1.29 is 4.79 Å². The Balaban J connectivity index is 0.00000190. The van der Waals surface area contributed by atoms with E-state index in [0.717, 1.165) is 23.4 Å². The van der Waals surface area contributed by atoms with Crippen molar-refractivity contribution in [3.8, 4) is 0 Å². The Morgan fingerprint density at radius 1 is 1.11 bits per heavy atom. The van der Waals surface area contributed by atoms with Crippen molar-refractivity contribution in [2.45, 2.75) is 38.8 Å². The summed E-state index contributed by atoms with van der Waals surface area (Å²) < 4.78 is 1.58. The average molecular weight is 541 g/mol. The minimum absolute atomic E-state index is 0. The van der Waals surface area contributed by atoms with Crippen molar-refractivity contribution in [3.63, 3.8) is 0 Å². The number of aromatic nitrogens is 3. The fourth-order valence-corrected chi connectivity index (χ4v) is 4.63. The molecular formula is C27H30Cl2N6O2. The molecule has 2 aromatic heterocycles.